The first-order chi connectivity index (χ1) is 12.7. The molecule has 0 atom stereocenters. The molecule has 0 spiro atoms. The maximum Gasteiger partial charge on any atom is 0.266 e. The molecule has 0 N–H and O–H groups in total. The normalized spacial score (nSPS) is 11.0. The van der Waals surface area contributed by atoms with Crippen LogP contribution in [0.2, 0.25) is 0 Å². The molecular formula is C20H22N2O3S. The molecule has 0 radical (unpaired) electrons. The fourth-order valence-corrected chi connectivity index (χ4v) is 3.59. The van der Waals surface area contributed by atoms with Crippen molar-refractivity contribution in [2.45, 2.75) is 19.0 Å². The summed E-state index contributed by atoms with van der Waals surface area (Å²) >= 11 is 1.51. The molecule has 5 nitrogen and oxygen atoms in total. The van der Waals surface area contributed by atoms with Crippen LogP contribution in [0.1, 0.15) is 12.5 Å². The second-order valence-electron chi connectivity index (χ2n) is 5.77. The molecule has 0 saturated heterocycles. The van der Waals surface area contributed by atoms with Crippen LogP contribution in [0.4, 0.5) is 0 Å². The largest absolute Gasteiger partial charge is 0.495 e. The minimum Gasteiger partial charge on any atom is -0.495 e. The molecule has 6 heteroatoms. The predicted molar refractivity (Wildman–Crippen MR) is 106 cm³/mol. The number of methoxy groups -OCH3 is 1. The number of rotatable bonds is 7. The Morgan fingerprint density at radius 2 is 2.00 bits per heavy atom. The maximum atomic E-state index is 13.2. The van der Waals surface area contributed by atoms with Gasteiger partial charge in [0.15, 0.2) is 5.16 Å². The Hall–Kier alpha value is -2.31. The summed E-state index contributed by atoms with van der Waals surface area (Å²) in [4.78, 5) is 18.0. The monoisotopic (exact) mass is 370 g/mol. The summed E-state index contributed by atoms with van der Waals surface area (Å²) in [5.74, 6) is 1.36. The van der Waals surface area contributed by atoms with Crippen molar-refractivity contribution in [2.75, 3.05) is 26.1 Å². The number of fused-ring (bicyclic) bond motifs is 1. The average Bonchev–Trinajstić information content (AvgIpc) is 2.65. The molecule has 0 aliphatic carbocycles. The summed E-state index contributed by atoms with van der Waals surface area (Å²) in [6.45, 7) is 5.23. The number of hydrogen-bond donors (Lipinski definition) is 0. The SMILES string of the molecule is CCOCCSc1nc2ccccc2c(=O)n1-c1cc(C)ccc1OC. The van der Waals surface area contributed by atoms with E-state index >= 15 is 0 Å². The number of para-hydroxylation sites is 1. The van der Waals surface area contributed by atoms with Crippen molar-refractivity contribution >= 4 is 22.7 Å². The number of nitrogens with zero attached hydrogens (tertiary/aromatic N) is 2. The van der Waals surface area contributed by atoms with Crippen molar-refractivity contribution in [2.24, 2.45) is 0 Å². The average molecular weight is 370 g/mol. The zero-order chi connectivity index (χ0) is 18.5. The van der Waals surface area contributed by atoms with Crippen molar-refractivity contribution in [1.29, 1.82) is 0 Å². The lowest BCUT2D eigenvalue weighted by Gasteiger charge is -2.16. The second-order valence-corrected chi connectivity index (χ2v) is 6.83. The Morgan fingerprint density at radius 3 is 2.77 bits per heavy atom. The summed E-state index contributed by atoms with van der Waals surface area (Å²) in [5.41, 5.74) is 2.35. The third-order valence-electron chi connectivity index (χ3n) is 3.98. The summed E-state index contributed by atoms with van der Waals surface area (Å²) in [6.07, 6.45) is 0. The Bertz CT molecular complexity index is 969. The molecule has 0 aliphatic rings. The third kappa shape index (κ3) is 3.76. The predicted octanol–water partition coefficient (Wildman–Crippen LogP) is 3.83. The van der Waals surface area contributed by atoms with Crippen LogP contribution in [-0.4, -0.2) is 35.6 Å². The van der Waals surface area contributed by atoms with Crippen LogP contribution in [0, 0.1) is 6.92 Å². The minimum absolute atomic E-state index is 0.0987. The smallest absolute Gasteiger partial charge is 0.266 e. The Balaban J connectivity index is 2.20. The highest BCUT2D eigenvalue weighted by molar-refractivity contribution is 7.99. The topological polar surface area (TPSA) is 53.3 Å². The summed E-state index contributed by atoms with van der Waals surface area (Å²) in [6, 6.07) is 13.2. The van der Waals surface area contributed by atoms with Crippen LogP contribution in [-0.2, 0) is 4.74 Å². The molecule has 0 fully saturated rings. The van der Waals surface area contributed by atoms with Crippen molar-refractivity contribution in [3.63, 3.8) is 0 Å². The van der Waals surface area contributed by atoms with E-state index in [1.54, 1.807) is 17.7 Å². The summed E-state index contributed by atoms with van der Waals surface area (Å²) in [5, 5.41) is 1.22. The molecule has 0 unspecified atom stereocenters. The van der Waals surface area contributed by atoms with E-state index in [2.05, 4.69) is 0 Å². The molecule has 2 aromatic carbocycles. The Kier molecular flexibility index (Phi) is 5.96. The van der Waals surface area contributed by atoms with E-state index in [1.807, 2.05) is 50.2 Å². The molecule has 3 rings (SSSR count). The molecule has 0 amide bonds. The summed E-state index contributed by atoms with van der Waals surface area (Å²) in [7, 11) is 1.61. The third-order valence-corrected chi connectivity index (χ3v) is 4.89. The van der Waals surface area contributed by atoms with Gasteiger partial charge in [0.2, 0.25) is 0 Å². The quantitative estimate of drug-likeness (QED) is 0.359. The van der Waals surface area contributed by atoms with Crippen LogP contribution < -0.4 is 10.3 Å². The Morgan fingerprint density at radius 1 is 1.19 bits per heavy atom. The molecule has 0 bridgehead atoms. The molecule has 1 heterocycles. The zero-order valence-corrected chi connectivity index (χ0v) is 16.0. The van der Waals surface area contributed by atoms with Crippen LogP contribution >= 0.6 is 11.8 Å². The lowest BCUT2D eigenvalue weighted by molar-refractivity contribution is 0.164. The van der Waals surface area contributed by atoms with Gasteiger partial charge in [-0.15, -0.1) is 0 Å². The van der Waals surface area contributed by atoms with Gasteiger partial charge >= 0.3 is 0 Å². The van der Waals surface area contributed by atoms with E-state index in [0.29, 0.717) is 46.5 Å². The highest BCUT2D eigenvalue weighted by Crippen LogP contribution is 2.28. The fourth-order valence-electron chi connectivity index (χ4n) is 2.73. The molecule has 136 valence electrons. The molecule has 0 saturated carbocycles. The van der Waals surface area contributed by atoms with Crippen LogP contribution in [0.15, 0.2) is 52.4 Å². The second kappa shape index (κ2) is 8.38. The number of benzene rings is 2. The number of aryl methyl sites for hydroxylation is 1. The van der Waals surface area contributed by atoms with Gasteiger partial charge in [0, 0.05) is 12.4 Å². The van der Waals surface area contributed by atoms with E-state index in [4.69, 9.17) is 14.5 Å². The number of ether oxygens (including phenoxy) is 2. The van der Waals surface area contributed by atoms with Gasteiger partial charge in [-0.1, -0.05) is 30.0 Å². The van der Waals surface area contributed by atoms with E-state index in [-0.39, 0.29) is 5.56 Å². The van der Waals surface area contributed by atoms with E-state index < -0.39 is 0 Å². The molecule has 1 aromatic heterocycles. The van der Waals surface area contributed by atoms with Gasteiger partial charge in [0.1, 0.15) is 5.75 Å². The van der Waals surface area contributed by atoms with Crippen molar-refractivity contribution in [3.05, 3.63) is 58.4 Å². The highest BCUT2D eigenvalue weighted by atomic mass is 32.2. The van der Waals surface area contributed by atoms with Crippen molar-refractivity contribution in [3.8, 4) is 11.4 Å². The minimum atomic E-state index is -0.0987. The maximum absolute atomic E-state index is 13.2. The van der Waals surface area contributed by atoms with Gasteiger partial charge in [-0.05, 0) is 43.7 Å². The summed E-state index contributed by atoms with van der Waals surface area (Å²) < 4.78 is 12.6. The van der Waals surface area contributed by atoms with Gasteiger partial charge in [-0.2, -0.15) is 0 Å². The van der Waals surface area contributed by atoms with Gasteiger partial charge < -0.3 is 9.47 Å². The highest BCUT2D eigenvalue weighted by Gasteiger charge is 2.16. The zero-order valence-electron chi connectivity index (χ0n) is 15.2. The van der Waals surface area contributed by atoms with Gasteiger partial charge in [0.25, 0.3) is 5.56 Å². The van der Waals surface area contributed by atoms with Gasteiger partial charge in [-0.25, -0.2) is 4.98 Å². The lowest BCUT2D eigenvalue weighted by Crippen LogP contribution is -2.22. The lowest BCUT2D eigenvalue weighted by atomic mass is 10.2. The number of hydrogen-bond acceptors (Lipinski definition) is 5. The molecule has 26 heavy (non-hydrogen) atoms. The number of aromatic nitrogens is 2. The molecule has 3 aromatic rings. The van der Waals surface area contributed by atoms with Crippen molar-refractivity contribution < 1.29 is 9.47 Å². The van der Waals surface area contributed by atoms with Crippen LogP contribution in [0.3, 0.4) is 0 Å². The Labute approximate surface area is 157 Å². The van der Waals surface area contributed by atoms with Crippen LogP contribution in [0.5, 0.6) is 5.75 Å². The first-order valence-electron chi connectivity index (χ1n) is 8.53. The van der Waals surface area contributed by atoms with Crippen molar-refractivity contribution in [1.82, 2.24) is 9.55 Å². The van der Waals surface area contributed by atoms with E-state index in [9.17, 15) is 4.79 Å². The first-order valence-corrected chi connectivity index (χ1v) is 9.51. The standard InChI is InChI=1S/C20H22N2O3S/c1-4-25-11-12-26-20-21-16-8-6-5-7-15(16)19(23)22(20)17-13-14(2)9-10-18(17)24-3/h5-10,13H,4,11-12H2,1-3H3. The first kappa shape index (κ1) is 18.5. The molecule has 0 aliphatic heterocycles. The van der Waals surface area contributed by atoms with Crippen LogP contribution in [0.25, 0.3) is 16.6 Å². The fraction of sp³-hybridized carbons (Fsp3) is 0.300. The van der Waals surface area contributed by atoms with E-state index in [1.165, 1.54) is 11.8 Å². The molecular weight excluding hydrogens is 348 g/mol. The number of thioether (sulfide) groups is 1. The van der Waals surface area contributed by atoms with E-state index in [0.717, 1.165) is 5.56 Å². The van der Waals surface area contributed by atoms with Gasteiger partial charge in [-0.3, -0.25) is 9.36 Å². The van der Waals surface area contributed by atoms with Gasteiger partial charge in [0.05, 0.1) is 30.3 Å².